The number of nitrogens with zero attached hydrogens (tertiary/aromatic N) is 1. The van der Waals surface area contributed by atoms with Crippen LogP contribution in [0.5, 0.6) is 5.75 Å². The smallest absolute Gasteiger partial charge is 0.254 e. The van der Waals surface area contributed by atoms with Crippen LogP contribution in [-0.2, 0) is 19.6 Å². The predicted molar refractivity (Wildman–Crippen MR) is 172 cm³/mol. The number of rotatable bonds is 19. The molecule has 0 bridgehead atoms. The summed E-state index contributed by atoms with van der Waals surface area (Å²) in [6.45, 7) is 8.39. The van der Waals surface area contributed by atoms with E-state index in [-0.39, 0.29) is 11.4 Å². The zero-order chi connectivity index (χ0) is 29.3. The molecular formula is C37H52N2O2. The van der Waals surface area contributed by atoms with E-state index in [1.54, 1.807) is 0 Å². The van der Waals surface area contributed by atoms with Crippen molar-refractivity contribution < 1.29 is 9.53 Å². The summed E-state index contributed by atoms with van der Waals surface area (Å²) in [4.78, 5) is 15.8. The average Bonchev–Trinajstić information content (AvgIpc) is 3.01. The van der Waals surface area contributed by atoms with Crippen molar-refractivity contribution in [2.24, 2.45) is 5.73 Å². The molecule has 222 valence electrons. The lowest BCUT2D eigenvalue weighted by Gasteiger charge is -2.33. The Morgan fingerprint density at radius 1 is 0.707 bits per heavy atom. The first-order valence-corrected chi connectivity index (χ1v) is 15.9. The maximum atomic E-state index is 13.9. The highest BCUT2D eigenvalue weighted by Crippen LogP contribution is 2.25. The van der Waals surface area contributed by atoms with Crippen LogP contribution in [0.3, 0.4) is 0 Å². The number of benzene rings is 3. The number of carbonyl (C=O) groups excluding carboxylic acids is 1. The van der Waals surface area contributed by atoms with E-state index < -0.39 is 0 Å². The Morgan fingerprint density at radius 3 is 1.93 bits per heavy atom. The average molecular weight is 557 g/mol. The lowest BCUT2D eigenvalue weighted by atomic mass is 9.85. The molecule has 0 aromatic heterocycles. The molecule has 4 nitrogen and oxygen atoms in total. The normalized spacial score (nSPS) is 11.4. The minimum Gasteiger partial charge on any atom is -0.489 e. The maximum absolute atomic E-state index is 13.9. The molecule has 0 unspecified atom stereocenters. The highest BCUT2D eigenvalue weighted by atomic mass is 16.5. The molecule has 0 aliphatic carbocycles. The van der Waals surface area contributed by atoms with E-state index >= 15 is 0 Å². The number of hydrogen-bond acceptors (Lipinski definition) is 3. The lowest BCUT2D eigenvalue weighted by Crippen LogP contribution is -2.44. The van der Waals surface area contributed by atoms with Crippen molar-refractivity contribution in [3.05, 3.63) is 101 Å². The number of ether oxygens (including phenoxy) is 1. The van der Waals surface area contributed by atoms with Gasteiger partial charge in [0.15, 0.2) is 0 Å². The van der Waals surface area contributed by atoms with Crippen LogP contribution >= 0.6 is 0 Å². The molecule has 0 saturated heterocycles. The predicted octanol–water partition coefficient (Wildman–Crippen LogP) is 9.11. The number of carbonyl (C=O) groups is 1. The van der Waals surface area contributed by atoms with Gasteiger partial charge in [-0.2, -0.15) is 0 Å². The Bertz CT molecular complexity index is 1120. The van der Waals surface area contributed by atoms with Gasteiger partial charge in [-0.3, -0.25) is 4.79 Å². The van der Waals surface area contributed by atoms with Gasteiger partial charge in [-0.15, -0.1) is 0 Å². The maximum Gasteiger partial charge on any atom is 0.254 e. The number of nitrogens with two attached hydrogens (primary N) is 1. The third kappa shape index (κ3) is 11.4. The third-order valence-electron chi connectivity index (χ3n) is 8.04. The minimum atomic E-state index is -0.233. The van der Waals surface area contributed by atoms with Crippen LogP contribution in [0.25, 0.3) is 0 Å². The van der Waals surface area contributed by atoms with Gasteiger partial charge in [-0.05, 0) is 73.1 Å². The van der Waals surface area contributed by atoms with Gasteiger partial charge in [0.2, 0.25) is 0 Å². The zero-order valence-electron chi connectivity index (χ0n) is 25.7. The number of unbranched alkanes of at least 4 members (excludes halogenated alkanes) is 4. The van der Waals surface area contributed by atoms with Crippen LogP contribution in [-0.4, -0.2) is 22.9 Å². The zero-order valence-corrected chi connectivity index (χ0v) is 25.7. The van der Waals surface area contributed by atoms with E-state index in [4.69, 9.17) is 10.5 Å². The van der Waals surface area contributed by atoms with Crippen LogP contribution in [0.1, 0.15) is 112 Å². The molecule has 0 atom stereocenters. The molecule has 2 N–H and O–H groups in total. The van der Waals surface area contributed by atoms with Gasteiger partial charge in [0.05, 0.1) is 0 Å². The second kappa shape index (κ2) is 17.6. The highest BCUT2D eigenvalue weighted by molar-refractivity contribution is 5.94. The molecule has 3 rings (SSSR count). The van der Waals surface area contributed by atoms with Gasteiger partial charge in [0.1, 0.15) is 12.4 Å². The first kappa shape index (κ1) is 32.4. The molecule has 1 amide bonds. The quantitative estimate of drug-likeness (QED) is 0.150. The SMILES string of the molecule is CCCCCc1ccc(C(=O)N(CCC(N)(CCCC)CCCC)Cc2ccc(OCc3ccccc3)cc2)cc1. The van der Waals surface area contributed by atoms with E-state index in [0.29, 0.717) is 19.7 Å². The highest BCUT2D eigenvalue weighted by Gasteiger charge is 2.26. The summed E-state index contributed by atoms with van der Waals surface area (Å²) in [5.41, 5.74) is 11.0. The summed E-state index contributed by atoms with van der Waals surface area (Å²) in [7, 11) is 0. The molecule has 0 saturated carbocycles. The van der Waals surface area contributed by atoms with E-state index in [9.17, 15) is 4.79 Å². The number of amides is 1. The molecule has 41 heavy (non-hydrogen) atoms. The summed E-state index contributed by atoms with van der Waals surface area (Å²) >= 11 is 0. The Hall–Kier alpha value is -3.11. The van der Waals surface area contributed by atoms with E-state index in [0.717, 1.165) is 73.8 Å². The summed E-state index contributed by atoms with van der Waals surface area (Å²) < 4.78 is 5.99. The van der Waals surface area contributed by atoms with Crippen molar-refractivity contribution in [3.8, 4) is 5.75 Å². The van der Waals surface area contributed by atoms with Crippen molar-refractivity contribution >= 4 is 5.91 Å². The van der Waals surface area contributed by atoms with E-state index in [2.05, 4.69) is 57.2 Å². The third-order valence-corrected chi connectivity index (χ3v) is 8.04. The van der Waals surface area contributed by atoms with Gasteiger partial charge in [0.25, 0.3) is 5.91 Å². The van der Waals surface area contributed by atoms with Gasteiger partial charge >= 0.3 is 0 Å². The molecule has 0 aliphatic rings. The Balaban J connectivity index is 1.72. The van der Waals surface area contributed by atoms with E-state index in [1.165, 1.54) is 24.8 Å². The Labute approximate surface area is 249 Å². The number of hydrogen-bond donors (Lipinski definition) is 1. The van der Waals surface area contributed by atoms with Gasteiger partial charge < -0.3 is 15.4 Å². The second-order valence-corrected chi connectivity index (χ2v) is 11.6. The van der Waals surface area contributed by atoms with Crippen LogP contribution in [0, 0.1) is 0 Å². The van der Waals surface area contributed by atoms with Crippen LogP contribution < -0.4 is 10.5 Å². The van der Waals surface area contributed by atoms with Crippen molar-refractivity contribution in [1.82, 2.24) is 4.90 Å². The van der Waals surface area contributed by atoms with Crippen LogP contribution in [0.15, 0.2) is 78.9 Å². The topological polar surface area (TPSA) is 55.6 Å². The minimum absolute atomic E-state index is 0.0721. The molecule has 0 heterocycles. The molecule has 3 aromatic rings. The summed E-state index contributed by atoms with van der Waals surface area (Å²) in [6, 6.07) is 26.6. The molecular weight excluding hydrogens is 504 g/mol. The second-order valence-electron chi connectivity index (χ2n) is 11.6. The van der Waals surface area contributed by atoms with E-state index in [1.807, 2.05) is 47.4 Å². The molecule has 0 radical (unpaired) electrons. The first-order valence-electron chi connectivity index (χ1n) is 15.9. The molecule has 0 spiro atoms. The fourth-order valence-corrected chi connectivity index (χ4v) is 5.27. The van der Waals surface area contributed by atoms with Gasteiger partial charge in [0, 0.05) is 24.2 Å². The van der Waals surface area contributed by atoms with Crippen molar-refractivity contribution in [1.29, 1.82) is 0 Å². The van der Waals surface area contributed by atoms with Crippen molar-refractivity contribution in [2.45, 2.75) is 110 Å². The standard InChI is InChI=1S/C37H52N2O2/c1-4-7-11-14-31-17-21-34(22-18-31)36(40)39(28-27-37(38,25-8-5-2)26-9-6-3)29-32-19-23-35(24-20-32)41-30-33-15-12-10-13-16-33/h10,12-13,15-24H,4-9,11,14,25-30,38H2,1-3H3. The first-order chi connectivity index (χ1) is 20.0. The fourth-order valence-electron chi connectivity index (χ4n) is 5.27. The largest absolute Gasteiger partial charge is 0.489 e. The Morgan fingerprint density at radius 2 is 1.32 bits per heavy atom. The molecule has 0 aliphatic heterocycles. The Kier molecular flexibility index (Phi) is 13.9. The fraction of sp³-hybridized carbons (Fsp3) is 0.486. The summed E-state index contributed by atoms with van der Waals surface area (Å²) in [5, 5.41) is 0. The molecule has 0 fully saturated rings. The van der Waals surface area contributed by atoms with Crippen molar-refractivity contribution in [2.75, 3.05) is 6.54 Å². The number of aryl methyl sites for hydroxylation is 1. The van der Waals surface area contributed by atoms with Gasteiger partial charge in [-0.1, -0.05) is 114 Å². The van der Waals surface area contributed by atoms with Crippen LogP contribution in [0.2, 0.25) is 0 Å². The lowest BCUT2D eigenvalue weighted by molar-refractivity contribution is 0.0725. The molecule has 4 heteroatoms. The van der Waals surface area contributed by atoms with Gasteiger partial charge in [-0.25, -0.2) is 0 Å². The van der Waals surface area contributed by atoms with Crippen molar-refractivity contribution in [3.63, 3.8) is 0 Å². The summed E-state index contributed by atoms with van der Waals surface area (Å²) in [5.74, 6) is 0.900. The van der Waals surface area contributed by atoms with Crippen LogP contribution in [0.4, 0.5) is 0 Å². The monoisotopic (exact) mass is 556 g/mol. The molecule has 3 aromatic carbocycles. The summed E-state index contributed by atoms with van der Waals surface area (Å²) in [6.07, 6.45) is 12.0.